The molecule has 1 atom stereocenters. The summed E-state index contributed by atoms with van der Waals surface area (Å²) in [5.41, 5.74) is 3.77. The summed E-state index contributed by atoms with van der Waals surface area (Å²) < 4.78 is 11.1. The number of para-hydroxylation sites is 1. The molecule has 2 aliphatic rings. The van der Waals surface area contributed by atoms with E-state index in [1.165, 1.54) is 11.3 Å². The first-order valence-electron chi connectivity index (χ1n) is 12.6. The molecule has 1 unspecified atom stereocenters. The molecule has 2 aromatic carbocycles. The van der Waals surface area contributed by atoms with Crippen LogP contribution in [0.15, 0.2) is 59.1 Å². The monoisotopic (exact) mass is 476 g/mol. The topological polar surface area (TPSA) is 65.2 Å². The van der Waals surface area contributed by atoms with E-state index < -0.39 is 5.60 Å². The predicted octanol–water partition coefficient (Wildman–Crippen LogP) is 3.63. The third-order valence-electron chi connectivity index (χ3n) is 7.32. The van der Waals surface area contributed by atoms with Crippen LogP contribution in [0.3, 0.4) is 0 Å². The number of anilines is 1. The smallest absolute Gasteiger partial charge is 0.140 e. The fraction of sp³-hybridized carbons (Fsp3) is 0.464. The van der Waals surface area contributed by atoms with Gasteiger partial charge in [-0.15, -0.1) is 0 Å². The molecule has 0 amide bonds. The summed E-state index contributed by atoms with van der Waals surface area (Å²) in [6, 6.07) is 18.9. The van der Waals surface area contributed by atoms with E-state index in [1.54, 1.807) is 0 Å². The van der Waals surface area contributed by atoms with E-state index in [0.29, 0.717) is 6.61 Å². The molecule has 3 aromatic rings. The Morgan fingerprint density at radius 1 is 0.943 bits per heavy atom. The van der Waals surface area contributed by atoms with Gasteiger partial charge >= 0.3 is 0 Å². The summed E-state index contributed by atoms with van der Waals surface area (Å²) in [6.07, 6.45) is 0.824. The van der Waals surface area contributed by atoms with Crippen LogP contribution in [0.25, 0.3) is 0 Å². The van der Waals surface area contributed by atoms with Crippen molar-refractivity contribution in [3.63, 3.8) is 0 Å². The first-order valence-corrected chi connectivity index (χ1v) is 12.6. The minimum atomic E-state index is -0.633. The first-order chi connectivity index (χ1) is 17.0. The molecule has 2 fully saturated rings. The number of benzene rings is 2. The summed E-state index contributed by atoms with van der Waals surface area (Å²) in [5, 5.41) is 15.3. The van der Waals surface area contributed by atoms with E-state index in [-0.39, 0.29) is 0 Å². The van der Waals surface area contributed by atoms with E-state index in [9.17, 15) is 5.11 Å². The van der Waals surface area contributed by atoms with Crippen LogP contribution in [0.1, 0.15) is 29.0 Å². The third-order valence-corrected chi connectivity index (χ3v) is 7.32. The minimum Gasteiger partial charge on any atom is -0.489 e. The van der Waals surface area contributed by atoms with Gasteiger partial charge in [0.05, 0.1) is 16.9 Å². The zero-order valence-corrected chi connectivity index (χ0v) is 20.8. The van der Waals surface area contributed by atoms with Crippen molar-refractivity contribution in [2.75, 3.05) is 50.7 Å². The number of aromatic nitrogens is 1. The molecule has 2 saturated heterocycles. The second-order valence-electron chi connectivity index (χ2n) is 10.0. The molecule has 1 aromatic heterocycles. The highest BCUT2D eigenvalue weighted by Gasteiger charge is 2.38. The van der Waals surface area contributed by atoms with E-state index in [2.05, 4.69) is 62.3 Å². The Hall–Kier alpha value is -2.87. The number of β-amino-alcohol motifs (C(OH)–C–C–N with tert-alkyl or cyclic N) is 1. The van der Waals surface area contributed by atoms with Crippen molar-refractivity contribution in [2.24, 2.45) is 0 Å². The molecule has 0 saturated carbocycles. The van der Waals surface area contributed by atoms with E-state index in [0.717, 1.165) is 81.5 Å². The van der Waals surface area contributed by atoms with Gasteiger partial charge in [-0.05, 0) is 50.1 Å². The zero-order valence-electron chi connectivity index (χ0n) is 20.8. The average Bonchev–Trinajstić information content (AvgIpc) is 3.40. The van der Waals surface area contributed by atoms with Gasteiger partial charge in [0.2, 0.25) is 0 Å². The number of ether oxygens (including phenoxy) is 1. The summed E-state index contributed by atoms with van der Waals surface area (Å²) in [7, 11) is 0. The Kier molecular flexibility index (Phi) is 7.09. The fourth-order valence-corrected chi connectivity index (χ4v) is 5.24. The van der Waals surface area contributed by atoms with Crippen molar-refractivity contribution in [3.8, 4) is 5.75 Å². The van der Waals surface area contributed by atoms with E-state index in [4.69, 9.17) is 9.26 Å². The van der Waals surface area contributed by atoms with Crippen LogP contribution in [-0.2, 0) is 13.2 Å². The van der Waals surface area contributed by atoms with Gasteiger partial charge in [0.15, 0.2) is 0 Å². The summed E-state index contributed by atoms with van der Waals surface area (Å²) >= 11 is 0. The lowest BCUT2D eigenvalue weighted by Gasteiger charge is -2.39. The van der Waals surface area contributed by atoms with Crippen molar-refractivity contribution < 1.29 is 14.4 Å². The number of hydrogen-bond acceptors (Lipinski definition) is 7. The van der Waals surface area contributed by atoms with Crippen LogP contribution in [0.2, 0.25) is 0 Å². The highest BCUT2D eigenvalue weighted by molar-refractivity contribution is 5.46. The number of hydrogen-bond donors (Lipinski definition) is 1. The van der Waals surface area contributed by atoms with Gasteiger partial charge in [-0.3, -0.25) is 9.80 Å². The Balaban J connectivity index is 1.07. The Morgan fingerprint density at radius 2 is 1.69 bits per heavy atom. The van der Waals surface area contributed by atoms with Gasteiger partial charge in [0, 0.05) is 58.0 Å². The number of aliphatic hydroxyl groups is 1. The predicted molar refractivity (Wildman–Crippen MR) is 137 cm³/mol. The lowest BCUT2D eigenvalue weighted by atomic mass is 10.0. The number of rotatable bonds is 8. The van der Waals surface area contributed by atoms with Crippen LogP contribution < -0.4 is 9.64 Å². The van der Waals surface area contributed by atoms with E-state index >= 15 is 0 Å². The largest absolute Gasteiger partial charge is 0.489 e. The highest BCUT2D eigenvalue weighted by Crippen LogP contribution is 2.26. The molecule has 35 heavy (non-hydrogen) atoms. The molecule has 2 aliphatic heterocycles. The molecule has 3 heterocycles. The molecule has 1 N–H and O–H groups in total. The van der Waals surface area contributed by atoms with Crippen LogP contribution in [0.5, 0.6) is 5.75 Å². The molecule has 0 radical (unpaired) electrons. The SMILES string of the molecule is Cc1noc(C)c1COc1ccc(CN2CCC(O)(CN3CCN(c4ccccc4)CC3)C2)cc1. The van der Waals surface area contributed by atoms with Crippen LogP contribution in [0.4, 0.5) is 5.69 Å². The van der Waals surface area contributed by atoms with Crippen molar-refractivity contribution in [2.45, 2.75) is 39.0 Å². The van der Waals surface area contributed by atoms with Gasteiger partial charge in [-0.1, -0.05) is 35.5 Å². The van der Waals surface area contributed by atoms with Crippen molar-refractivity contribution in [3.05, 3.63) is 77.2 Å². The highest BCUT2D eigenvalue weighted by atomic mass is 16.5. The standard InChI is InChI=1S/C28H36N4O3/c1-22-27(23(2)35-29-22)19-34-26-10-8-24(9-11-26)18-31-13-12-28(33,21-31)20-30-14-16-32(17-15-30)25-6-4-3-5-7-25/h3-11,33H,12-21H2,1-2H3. The average molecular weight is 477 g/mol. The second kappa shape index (κ2) is 10.4. The Morgan fingerprint density at radius 3 is 2.37 bits per heavy atom. The Bertz CT molecular complexity index is 1070. The first kappa shape index (κ1) is 23.9. The van der Waals surface area contributed by atoms with Crippen molar-refractivity contribution >= 4 is 5.69 Å². The van der Waals surface area contributed by atoms with Crippen LogP contribution in [-0.4, -0.2) is 71.5 Å². The lowest BCUT2D eigenvalue weighted by Crippen LogP contribution is -2.52. The van der Waals surface area contributed by atoms with Gasteiger partial charge in [-0.25, -0.2) is 0 Å². The molecule has 186 valence electrons. The van der Waals surface area contributed by atoms with Crippen LogP contribution in [0, 0.1) is 13.8 Å². The molecule has 7 nitrogen and oxygen atoms in total. The zero-order chi connectivity index (χ0) is 24.3. The lowest BCUT2D eigenvalue weighted by molar-refractivity contribution is 0.00978. The maximum absolute atomic E-state index is 11.3. The quantitative estimate of drug-likeness (QED) is 0.533. The molecule has 0 bridgehead atoms. The molecular formula is C28H36N4O3. The van der Waals surface area contributed by atoms with Gasteiger partial charge in [0.25, 0.3) is 0 Å². The van der Waals surface area contributed by atoms with Gasteiger partial charge < -0.3 is 19.3 Å². The van der Waals surface area contributed by atoms with Gasteiger partial charge in [-0.2, -0.15) is 0 Å². The molecular weight excluding hydrogens is 440 g/mol. The van der Waals surface area contributed by atoms with Gasteiger partial charge in [0.1, 0.15) is 18.1 Å². The maximum Gasteiger partial charge on any atom is 0.140 e. The summed E-state index contributed by atoms with van der Waals surface area (Å²) in [5.74, 6) is 1.64. The maximum atomic E-state index is 11.3. The number of nitrogens with zero attached hydrogens (tertiary/aromatic N) is 4. The number of piperazine rings is 1. The number of aryl methyl sites for hydroxylation is 2. The summed E-state index contributed by atoms with van der Waals surface area (Å²) in [4.78, 5) is 7.22. The minimum absolute atomic E-state index is 0.458. The van der Waals surface area contributed by atoms with Crippen molar-refractivity contribution in [1.29, 1.82) is 0 Å². The summed E-state index contributed by atoms with van der Waals surface area (Å²) in [6.45, 7) is 11.5. The van der Waals surface area contributed by atoms with Crippen LogP contribution >= 0.6 is 0 Å². The molecule has 0 aliphatic carbocycles. The molecule has 0 spiro atoms. The third kappa shape index (κ3) is 5.86. The molecule has 5 rings (SSSR count). The van der Waals surface area contributed by atoms with Crippen molar-refractivity contribution in [1.82, 2.24) is 15.0 Å². The fourth-order valence-electron chi connectivity index (χ4n) is 5.24. The molecule has 7 heteroatoms. The second-order valence-corrected chi connectivity index (χ2v) is 10.0. The number of likely N-dealkylation sites (tertiary alicyclic amines) is 1. The Labute approximate surface area is 207 Å². The normalized spacial score (nSPS) is 21.5. The van der Waals surface area contributed by atoms with E-state index in [1.807, 2.05) is 26.0 Å².